The van der Waals surface area contributed by atoms with Crippen LogP contribution >= 0.6 is 15.9 Å². The Labute approximate surface area is 106 Å². The number of carbonyl (C=O) groups excluding carboxylic acids is 1. The summed E-state index contributed by atoms with van der Waals surface area (Å²) in [6.07, 6.45) is 3.38. The first-order valence-electron chi connectivity index (χ1n) is 5.69. The maximum absolute atomic E-state index is 11.8. The van der Waals surface area contributed by atoms with Gasteiger partial charge < -0.3 is 5.32 Å². The maximum Gasteiger partial charge on any atom is 0.252 e. The number of nitrogens with one attached hydrogen (secondary N) is 1. The maximum atomic E-state index is 11.8. The number of amides is 1. The van der Waals surface area contributed by atoms with Crippen molar-refractivity contribution < 1.29 is 4.79 Å². The third-order valence-corrected chi connectivity index (χ3v) is 3.09. The van der Waals surface area contributed by atoms with Crippen LogP contribution < -0.4 is 5.32 Å². The summed E-state index contributed by atoms with van der Waals surface area (Å²) in [6.45, 7) is 4.92. The molecule has 0 aliphatic rings. The van der Waals surface area contributed by atoms with Crippen LogP contribution in [0.25, 0.3) is 0 Å². The molecule has 1 aromatic carbocycles. The summed E-state index contributed by atoms with van der Waals surface area (Å²) in [6, 6.07) is 5.77. The van der Waals surface area contributed by atoms with E-state index < -0.39 is 0 Å². The van der Waals surface area contributed by atoms with Crippen molar-refractivity contribution in [2.75, 3.05) is 6.54 Å². The molecule has 0 spiro atoms. The van der Waals surface area contributed by atoms with Gasteiger partial charge in [-0.25, -0.2) is 0 Å². The SMILES string of the molecule is CCCCCNC(=O)c1ccc(C)cc1Br. The van der Waals surface area contributed by atoms with Gasteiger partial charge in [0.2, 0.25) is 0 Å². The van der Waals surface area contributed by atoms with Crippen molar-refractivity contribution in [3.63, 3.8) is 0 Å². The van der Waals surface area contributed by atoms with Crippen molar-refractivity contribution in [2.45, 2.75) is 33.1 Å². The second kappa shape index (κ2) is 6.69. The molecule has 0 fully saturated rings. The Morgan fingerprint density at radius 1 is 1.38 bits per heavy atom. The van der Waals surface area contributed by atoms with Gasteiger partial charge in [0.1, 0.15) is 0 Å². The summed E-state index contributed by atoms with van der Waals surface area (Å²) in [7, 11) is 0. The quantitative estimate of drug-likeness (QED) is 0.821. The highest BCUT2D eigenvalue weighted by Crippen LogP contribution is 2.18. The summed E-state index contributed by atoms with van der Waals surface area (Å²) in [5.74, 6) is 0.00276. The molecule has 0 atom stereocenters. The van der Waals surface area contributed by atoms with Crippen LogP contribution in [-0.4, -0.2) is 12.5 Å². The molecule has 0 saturated heterocycles. The van der Waals surface area contributed by atoms with Gasteiger partial charge in [-0.05, 0) is 47.0 Å². The molecular weight excluding hydrogens is 266 g/mol. The van der Waals surface area contributed by atoms with Crippen LogP contribution in [0.5, 0.6) is 0 Å². The third kappa shape index (κ3) is 3.97. The molecule has 0 unspecified atom stereocenters. The first-order chi connectivity index (χ1) is 7.65. The standard InChI is InChI=1S/C13H18BrNO/c1-3-4-5-8-15-13(16)11-7-6-10(2)9-12(11)14/h6-7,9H,3-5,8H2,1-2H3,(H,15,16). The van der Waals surface area contributed by atoms with Gasteiger partial charge in [-0.1, -0.05) is 25.8 Å². The lowest BCUT2D eigenvalue weighted by Crippen LogP contribution is -2.24. The van der Waals surface area contributed by atoms with E-state index in [0.29, 0.717) is 5.56 Å². The summed E-state index contributed by atoms with van der Waals surface area (Å²) < 4.78 is 0.862. The van der Waals surface area contributed by atoms with E-state index in [1.807, 2.05) is 25.1 Å². The molecule has 1 N–H and O–H groups in total. The zero-order valence-corrected chi connectivity index (χ0v) is 11.4. The minimum absolute atomic E-state index is 0.00276. The normalized spacial score (nSPS) is 10.2. The van der Waals surface area contributed by atoms with Gasteiger partial charge in [0.25, 0.3) is 5.91 Å². The molecule has 88 valence electrons. The van der Waals surface area contributed by atoms with Gasteiger partial charge in [-0.2, -0.15) is 0 Å². The number of halogens is 1. The van der Waals surface area contributed by atoms with Gasteiger partial charge >= 0.3 is 0 Å². The second-order valence-corrected chi connectivity index (χ2v) is 4.80. The number of hydrogen-bond acceptors (Lipinski definition) is 1. The van der Waals surface area contributed by atoms with Gasteiger partial charge in [0, 0.05) is 11.0 Å². The van der Waals surface area contributed by atoms with Crippen LogP contribution in [0, 0.1) is 6.92 Å². The number of benzene rings is 1. The first-order valence-corrected chi connectivity index (χ1v) is 6.48. The van der Waals surface area contributed by atoms with E-state index >= 15 is 0 Å². The van der Waals surface area contributed by atoms with Crippen molar-refractivity contribution >= 4 is 21.8 Å². The zero-order valence-electron chi connectivity index (χ0n) is 9.85. The van der Waals surface area contributed by atoms with Crippen LogP contribution in [0.3, 0.4) is 0 Å². The Balaban J connectivity index is 2.53. The molecule has 3 heteroatoms. The zero-order chi connectivity index (χ0) is 12.0. The van der Waals surface area contributed by atoms with Crippen molar-refractivity contribution in [2.24, 2.45) is 0 Å². The van der Waals surface area contributed by atoms with Crippen molar-refractivity contribution in [3.8, 4) is 0 Å². The predicted molar refractivity (Wildman–Crippen MR) is 70.7 cm³/mol. The van der Waals surface area contributed by atoms with E-state index in [0.717, 1.165) is 29.4 Å². The molecule has 0 aliphatic carbocycles. The lowest BCUT2D eigenvalue weighted by Gasteiger charge is -2.07. The molecule has 0 radical (unpaired) electrons. The minimum atomic E-state index is 0.00276. The molecular formula is C13H18BrNO. The number of aryl methyl sites for hydroxylation is 1. The fourth-order valence-electron chi connectivity index (χ4n) is 1.48. The third-order valence-electron chi connectivity index (χ3n) is 2.44. The highest BCUT2D eigenvalue weighted by Gasteiger charge is 2.08. The molecule has 1 rings (SSSR count). The molecule has 1 aromatic rings. The highest BCUT2D eigenvalue weighted by molar-refractivity contribution is 9.10. The summed E-state index contributed by atoms with van der Waals surface area (Å²) in [5, 5.41) is 2.93. The minimum Gasteiger partial charge on any atom is -0.352 e. The Hall–Kier alpha value is -0.830. The van der Waals surface area contributed by atoms with E-state index in [1.165, 1.54) is 6.42 Å². The van der Waals surface area contributed by atoms with Crippen LogP contribution in [-0.2, 0) is 0 Å². The van der Waals surface area contributed by atoms with Crippen LogP contribution in [0.1, 0.15) is 42.1 Å². The highest BCUT2D eigenvalue weighted by atomic mass is 79.9. The fraction of sp³-hybridized carbons (Fsp3) is 0.462. The molecule has 1 amide bonds. The van der Waals surface area contributed by atoms with Gasteiger partial charge in [0.15, 0.2) is 0 Å². The average molecular weight is 284 g/mol. The number of unbranched alkanes of at least 4 members (excludes halogenated alkanes) is 2. The second-order valence-electron chi connectivity index (χ2n) is 3.95. The number of hydrogen-bond donors (Lipinski definition) is 1. The molecule has 0 aromatic heterocycles. The Morgan fingerprint density at radius 3 is 2.75 bits per heavy atom. The summed E-state index contributed by atoms with van der Waals surface area (Å²) >= 11 is 3.41. The molecule has 2 nitrogen and oxygen atoms in total. The van der Waals surface area contributed by atoms with Gasteiger partial charge in [0.05, 0.1) is 5.56 Å². The monoisotopic (exact) mass is 283 g/mol. The lowest BCUT2D eigenvalue weighted by atomic mass is 10.1. The van der Waals surface area contributed by atoms with E-state index in [4.69, 9.17) is 0 Å². The molecule has 16 heavy (non-hydrogen) atoms. The lowest BCUT2D eigenvalue weighted by molar-refractivity contribution is 0.0952. The van der Waals surface area contributed by atoms with E-state index in [9.17, 15) is 4.79 Å². The van der Waals surface area contributed by atoms with E-state index in [2.05, 4.69) is 28.2 Å². The van der Waals surface area contributed by atoms with E-state index in [1.54, 1.807) is 0 Å². The van der Waals surface area contributed by atoms with Crippen molar-refractivity contribution in [1.82, 2.24) is 5.32 Å². The fourth-order valence-corrected chi connectivity index (χ4v) is 2.15. The average Bonchev–Trinajstić information content (AvgIpc) is 2.24. The van der Waals surface area contributed by atoms with Crippen LogP contribution in [0.4, 0.5) is 0 Å². The Kier molecular flexibility index (Phi) is 5.53. The number of rotatable bonds is 5. The van der Waals surface area contributed by atoms with Gasteiger partial charge in [-0.3, -0.25) is 4.79 Å². The number of carbonyl (C=O) groups is 1. The predicted octanol–water partition coefficient (Wildman–Crippen LogP) is 3.68. The Morgan fingerprint density at radius 2 is 2.12 bits per heavy atom. The smallest absolute Gasteiger partial charge is 0.252 e. The molecule has 0 aliphatic heterocycles. The van der Waals surface area contributed by atoms with Crippen molar-refractivity contribution in [3.05, 3.63) is 33.8 Å². The summed E-state index contributed by atoms with van der Waals surface area (Å²) in [5.41, 5.74) is 1.86. The van der Waals surface area contributed by atoms with Crippen molar-refractivity contribution in [1.29, 1.82) is 0 Å². The Bertz CT molecular complexity index is 363. The van der Waals surface area contributed by atoms with Gasteiger partial charge in [-0.15, -0.1) is 0 Å². The first kappa shape index (κ1) is 13.2. The topological polar surface area (TPSA) is 29.1 Å². The van der Waals surface area contributed by atoms with Crippen LogP contribution in [0.15, 0.2) is 22.7 Å². The largest absolute Gasteiger partial charge is 0.352 e. The molecule has 0 heterocycles. The molecule has 0 saturated carbocycles. The molecule has 0 bridgehead atoms. The summed E-state index contributed by atoms with van der Waals surface area (Å²) in [4.78, 5) is 11.8. The van der Waals surface area contributed by atoms with Crippen LogP contribution in [0.2, 0.25) is 0 Å². The van der Waals surface area contributed by atoms with E-state index in [-0.39, 0.29) is 5.91 Å².